The molecule has 0 aliphatic carbocycles. The zero-order valence-corrected chi connectivity index (χ0v) is 8.32. The van der Waals surface area contributed by atoms with E-state index in [0.29, 0.717) is 0 Å². The van der Waals surface area contributed by atoms with Crippen LogP contribution in [0.15, 0.2) is 24.3 Å². The van der Waals surface area contributed by atoms with Gasteiger partial charge >= 0.3 is 0 Å². The molecule has 1 aliphatic rings. The summed E-state index contributed by atoms with van der Waals surface area (Å²) >= 11 is 0. The van der Waals surface area contributed by atoms with Crippen LogP contribution in [0, 0.1) is 6.92 Å². The average molecular weight is 190 g/mol. The molecule has 2 heteroatoms. The number of aryl methyl sites for hydroxylation is 1. The summed E-state index contributed by atoms with van der Waals surface area (Å²) < 4.78 is 5.35. The molecule has 1 heterocycles. The molecule has 0 amide bonds. The number of carbonyl (C=O) groups excluding carboxylic acids is 1. The Morgan fingerprint density at radius 3 is 2.64 bits per heavy atom. The highest BCUT2D eigenvalue weighted by Crippen LogP contribution is 2.17. The third-order valence-corrected chi connectivity index (χ3v) is 2.56. The number of hydrogen-bond acceptors (Lipinski definition) is 2. The van der Waals surface area contributed by atoms with Crippen molar-refractivity contribution in [2.24, 2.45) is 0 Å². The standard InChI is InChI=1S/C12H14O2/c1-9-4-6-10(7-5-9)12(13)11-3-2-8-14-11/h4-7,11H,2-3,8H2,1H3. The van der Waals surface area contributed by atoms with Gasteiger partial charge in [0.25, 0.3) is 0 Å². The van der Waals surface area contributed by atoms with E-state index in [2.05, 4.69) is 0 Å². The molecule has 1 aromatic carbocycles. The minimum atomic E-state index is -0.197. The Hall–Kier alpha value is -1.15. The Morgan fingerprint density at radius 2 is 2.07 bits per heavy atom. The summed E-state index contributed by atoms with van der Waals surface area (Å²) in [7, 11) is 0. The number of Topliss-reactive ketones (excluding diaryl/α,β-unsaturated/α-hetero) is 1. The minimum Gasteiger partial charge on any atom is -0.370 e. The predicted octanol–water partition coefficient (Wildman–Crippen LogP) is 2.36. The van der Waals surface area contributed by atoms with E-state index in [1.165, 1.54) is 5.56 Å². The number of hydrogen-bond donors (Lipinski definition) is 0. The monoisotopic (exact) mass is 190 g/mol. The fourth-order valence-electron chi connectivity index (χ4n) is 1.69. The van der Waals surface area contributed by atoms with Gasteiger partial charge in [-0.05, 0) is 19.8 Å². The van der Waals surface area contributed by atoms with Gasteiger partial charge in [0, 0.05) is 12.2 Å². The molecular formula is C12H14O2. The van der Waals surface area contributed by atoms with Crippen LogP contribution in [0.4, 0.5) is 0 Å². The van der Waals surface area contributed by atoms with Crippen molar-refractivity contribution in [3.8, 4) is 0 Å². The molecule has 1 unspecified atom stereocenters. The van der Waals surface area contributed by atoms with Gasteiger partial charge in [-0.15, -0.1) is 0 Å². The maximum Gasteiger partial charge on any atom is 0.191 e. The fraction of sp³-hybridized carbons (Fsp3) is 0.417. The first-order valence-electron chi connectivity index (χ1n) is 5.00. The molecule has 1 aliphatic heterocycles. The van der Waals surface area contributed by atoms with E-state index in [4.69, 9.17) is 4.74 Å². The first-order valence-corrected chi connectivity index (χ1v) is 5.00. The number of ether oxygens (including phenoxy) is 1. The lowest BCUT2D eigenvalue weighted by Crippen LogP contribution is -2.19. The summed E-state index contributed by atoms with van der Waals surface area (Å²) in [6, 6.07) is 7.67. The van der Waals surface area contributed by atoms with Crippen LogP contribution in [0.25, 0.3) is 0 Å². The molecule has 0 N–H and O–H groups in total. The average Bonchev–Trinajstić information content (AvgIpc) is 2.71. The van der Waals surface area contributed by atoms with Crippen LogP contribution in [0.2, 0.25) is 0 Å². The lowest BCUT2D eigenvalue weighted by molar-refractivity contribution is 0.0643. The van der Waals surface area contributed by atoms with Crippen molar-refractivity contribution >= 4 is 5.78 Å². The molecular weight excluding hydrogens is 176 g/mol. The SMILES string of the molecule is Cc1ccc(C(=O)C2CCCO2)cc1. The van der Waals surface area contributed by atoms with Crippen molar-refractivity contribution in [2.75, 3.05) is 6.61 Å². The summed E-state index contributed by atoms with van der Waals surface area (Å²) in [5.74, 6) is 0.127. The molecule has 14 heavy (non-hydrogen) atoms. The zero-order valence-electron chi connectivity index (χ0n) is 8.32. The molecule has 1 aromatic rings. The third-order valence-electron chi connectivity index (χ3n) is 2.56. The van der Waals surface area contributed by atoms with Gasteiger partial charge in [0.05, 0.1) is 0 Å². The van der Waals surface area contributed by atoms with Gasteiger partial charge in [0.2, 0.25) is 0 Å². The molecule has 1 fully saturated rings. The van der Waals surface area contributed by atoms with E-state index in [-0.39, 0.29) is 11.9 Å². The van der Waals surface area contributed by atoms with Gasteiger partial charge in [-0.2, -0.15) is 0 Å². The number of ketones is 1. The molecule has 0 bridgehead atoms. The lowest BCUT2D eigenvalue weighted by atomic mass is 10.0. The summed E-state index contributed by atoms with van der Waals surface area (Å²) in [5, 5.41) is 0. The quantitative estimate of drug-likeness (QED) is 0.669. The van der Waals surface area contributed by atoms with E-state index >= 15 is 0 Å². The first-order chi connectivity index (χ1) is 6.77. The second kappa shape index (κ2) is 3.93. The number of benzene rings is 1. The van der Waals surface area contributed by atoms with E-state index in [0.717, 1.165) is 25.0 Å². The van der Waals surface area contributed by atoms with E-state index in [1.807, 2.05) is 31.2 Å². The van der Waals surface area contributed by atoms with Crippen molar-refractivity contribution in [3.63, 3.8) is 0 Å². The Balaban J connectivity index is 2.14. The van der Waals surface area contributed by atoms with Crippen molar-refractivity contribution in [1.29, 1.82) is 0 Å². The lowest BCUT2D eigenvalue weighted by Gasteiger charge is -2.07. The molecule has 0 saturated carbocycles. The smallest absolute Gasteiger partial charge is 0.191 e. The molecule has 1 saturated heterocycles. The molecule has 74 valence electrons. The normalized spacial score (nSPS) is 21.1. The van der Waals surface area contributed by atoms with Crippen molar-refractivity contribution in [1.82, 2.24) is 0 Å². The summed E-state index contributed by atoms with van der Waals surface area (Å²) in [5.41, 5.74) is 1.94. The molecule has 0 aromatic heterocycles. The van der Waals surface area contributed by atoms with Gasteiger partial charge in [0.1, 0.15) is 6.10 Å². The highest BCUT2D eigenvalue weighted by Gasteiger charge is 2.24. The van der Waals surface area contributed by atoms with Crippen LogP contribution in [-0.2, 0) is 4.74 Å². The summed E-state index contributed by atoms with van der Waals surface area (Å²) in [4.78, 5) is 11.8. The molecule has 1 atom stereocenters. The third kappa shape index (κ3) is 1.85. The van der Waals surface area contributed by atoms with Gasteiger partial charge in [-0.1, -0.05) is 29.8 Å². The van der Waals surface area contributed by atoms with E-state index in [1.54, 1.807) is 0 Å². The van der Waals surface area contributed by atoms with Gasteiger partial charge in [-0.3, -0.25) is 4.79 Å². The highest BCUT2D eigenvalue weighted by molar-refractivity contribution is 5.99. The van der Waals surface area contributed by atoms with Crippen molar-refractivity contribution in [3.05, 3.63) is 35.4 Å². The molecule has 0 spiro atoms. The topological polar surface area (TPSA) is 26.3 Å². The van der Waals surface area contributed by atoms with Crippen LogP contribution in [0.1, 0.15) is 28.8 Å². The molecule has 0 radical (unpaired) electrons. The van der Waals surface area contributed by atoms with E-state index in [9.17, 15) is 4.79 Å². The van der Waals surface area contributed by atoms with Crippen molar-refractivity contribution < 1.29 is 9.53 Å². The first kappa shape index (κ1) is 9.41. The van der Waals surface area contributed by atoms with Crippen LogP contribution >= 0.6 is 0 Å². The summed E-state index contributed by atoms with van der Waals surface area (Å²) in [6.07, 6.45) is 1.67. The number of carbonyl (C=O) groups is 1. The second-order valence-electron chi connectivity index (χ2n) is 3.73. The fourth-order valence-corrected chi connectivity index (χ4v) is 1.69. The Morgan fingerprint density at radius 1 is 1.36 bits per heavy atom. The van der Waals surface area contributed by atoms with Crippen LogP contribution in [-0.4, -0.2) is 18.5 Å². The van der Waals surface area contributed by atoms with Crippen LogP contribution in [0.3, 0.4) is 0 Å². The van der Waals surface area contributed by atoms with Crippen LogP contribution in [0.5, 0.6) is 0 Å². The highest BCUT2D eigenvalue weighted by atomic mass is 16.5. The van der Waals surface area contributed by atoms with Gasteiger partial charge in [-0.25, -0.2) is 0 Å². The zero-order chi connectivity index (χ0) is 9.97. The summed E-state index contributed by atoms with van der Waals surface area (Å²) in [6.45, 7) is 2.74. The molecule has 2 nitrogen and oxygen atoms in total. The van der Waals surface area contributed by atoms with Crippen LogP contribution < -0.4 is 0 Å². The maximum absolute atomic E-state index is 11.8. The second-order valence-corrected chi connectivity index (χ2v) is 3.73. The van der Waals surface area contributed by atoms with Gasteiger partial charge in [0.15, 0.2) is 5.78 Å². The maximum atomic E-state index is 11.8. The Bertz CT molecular complexity index is 321. The Kier molecular flexibility index (Phi) is 2.64. The van der Waals surface area contributed by atoms with Crippen molar-refractivity contribution in [2.45, 2.75) is 25.9 Å². The predicted molar refractivity (Wildman–Crippen MR) is 54.5 cm³/mol. The Labute approximate surface area is 83.9 Å². The largest absolute Gasteiger partial charge is 0.370 e. The number of rotatable bonds is 2. The van der Waals surface area contributed by atoms with Gasteiger partial charge < -0.3 is 4.74 Å². The minimum absolute atomic E-state index is 0.127. The van der Waals surface area contributed by atoms with E-state index < -0.39 is 0 Å². The molecule has 2 rings (SSSR count).